The zero-order chi connectivity index (χ0) is 13.1. The van der Waals surface area contributed by atoms with Gasteiger partial charge in [0.25, 0.3) is 0 Å². The molecule has 106 valence electrons. The molecule has 0 atom stereocenters. The average Bonchev–Trinajstić information content (AvgIpc) is 2.19. The van der Waals surface area contributed by atoms with Gasteiger partial charge in [-0.2, -0.15) is 0 Å². The Labute approximate surface area is 133 Å². The number of nitrogens with one attached hydrogen (secondary N) is 2. The van der Waals surface area contributed by atoms with Gasteiger partial charge in [-0.15, -0.1) is 12.4 Å². The molecule has 1 aliphatic rings. The third kappa shape index (κ3) is 4.59. The summed E-state index contributed by atoms with van der Waals surface area (Å²) in [5.74, 6) is 0.0497. The topological polar surface area (TPSA) is 44.4 Å². The molecule has 0 unspecified atom stereocenters. The lowest BCUT2D eigenvalue weighted by Gasteiger charge is -2.35. The van der Waals surface area contributed by atoms with Gasteiger partial charge in [0.05, 0.1) is 6.54 Å². The molecule has 1 aromatic carbocycles. The summed E-state index contributed by atoms with van der Waals surface area (Å²) in [5.41, 5.74) is 2.00. The summed E-state index contributed by atoms with van der Waals surface area (Å²) in [6, 6.07) is 6.52. The van der Waals surface area contributed by atoms with Crippen molar-refractivity contribution >= 4 is 46.6 Å². The van der Waals surface area contributed by atoms with E-state index in [1.165, 1.54) is 3.57 Å². The van der Waals surface area contributed by atoms with Crippen molar-refractivity contribution in [3.8, 4) is 0 Å². The maximum absolute atomic E-state index is 11.9. The highest BCUT2D eigenvalue weighted by atomic mass is 127. The number of likely N-dealkylation sites (N-methyl/N-ethyl adjacent to an activating group) is 1. The average molecular weight is 396 g/mol. The van der Waals surface area contributed by atoms with Crippen molar-refractivity contribution < 1.29 is 4.79 Å². The monoisotopic (exact) mass is 395 g/mol. The predicted molar refractivity (Wildman–Crippen MR) is 89.1 cm³/mol. The molecule has 4 nitrogen and oxygen atoms in total. The van der Waals surface area contributed by atoms with E-state index in [4.69, 9.17) is 0 Å². The van der Waals surface area contributed by atoms with Gasteiger partial charge in [0, 0.05) is 28.4 Å². The molecular formula is C13H19ClIN3O. The number of hydrogen-bond donors (Lipinski definition) is 2. The molecule has 1 aromatic rings. The van der Waals surface area contributed by atoms with E-state index in [9.17, 15) is 4.79 Å². The largest absolute Gasteiger partial charge is 0.325 e. The lowest BCUT2D eigenvalue weighted by molar-refractivity contribution is -0.117. The van der Waals surface area contributed by atoms with E-state index in [2.05, 4.69) is 44.2 Å². The number of carbonyl (C=O) groups is 1. The second kappa shape index (κ2) is 7.42. The highest BCUT2D eigenvalue weighted by Gasteiger charge is 2.22. The molecule has 1 amide bonds. The second-order valence-corrected chi connectivity index (χ2v) is 5.98. The Morgan fingerprint density at radius 3 is 2.74 bits per heavy atom. The molecule has 0 saturated carbocycles. The number of carbonyl (C=O) groups excluding carboxylic acids is 1. The molecule has 1 heterocycles. The summed E-state index contributed by atoms with van der Waals surface area (Å²) < 4.78 is 1.18. The first kappa shape index (κ1) is 16.7. The minimum Gasteiger partial charge on any atom is -0.325 e. The van der Waals surface area contributed by atoms with Crippen LogP contribution >= 0.6 is 35.0 Å². The number of halogens is 2. The van der Waals surface area contributed by atoms with Crippen LogP contribution in [0.15, 0.2) is 18.2 Å². The van der Waals surface area contributed by atoms with Gasteiger partial charge < -0.3 is 10.6 Å². The number of anilines is 1. The Balaban J connectivity index is 0.00000180. The van der Waals surface area contributed by atoms with E-state index in [-0.39, 0.29) is 18.3 Å². The van der Waals surface area contributed by atoms with Crippen molar-refractivity contribution in [2.24, 2.45) is 0 Å². The first-order valence-corrected chi connectivity index (χ1v) is 7.11. The first-order valence-electron chi connectivity index (χ1n) is 6.03. The van der Waals surface area contributed by atoms with Gasteiger partial charge in [0.2, 0.25) is 5.91 Å². The maximum Gasteiger partial charge on any atom is 0.238 e. The number of hydrogen-bond acceptors (Lipinski definition) is 3. The van der Waals surface area contributed by atoms with Crippen molar-refractivity contribution in [3.05, 3.63) is 27.3 Å². The van der Waals surface area contributed by atoms with E-state index in [1.54, 1.807) is 0 Å². The summed E-state index contributed by atoms with van der Waals surface area (Å²) in [6.45, 7) is 4.41. The van der Waals surface area contributed by atoms with Crippen molar-refractivity contribution in [3.63, 3.8) is 0 Å². The fourth-order valence-corrected chi connectivity index (χ4v) is 2.54. The minimum atomic E-state index is 0. The van der Waals surface area contributed by atoms with E-state index in [0.29, 0.717) is 12.6 Å². The van der Waals surface area contributed by atoms with Crippen molar-refractivity contribution in [2.45, 2.75) is 13.0 Å². The Morgan fingerprint density at radius 1 is 1.53 bits per heavy atom. The van der Waals surface area contributed by atoms with Crippen LogP contribution in [0.5, 0.6) is 0 Å². The van der Waals surface area contributed by atoms with Crippen LogP contribution in [0.3, 0.4) is 0 Å². The fourth-order valence-electron chi connectivity index (χ4n) is 1.90. The molecule has 0 radical (unpaired) electrons. The molecule has 0 bridgehead atoms. The normalized spacial score (nSPS) is 14.7. The van der Waals surface area contributed by atoms with E-state index in [1.807, 2.05) is 26.1 Å². The van der Waals surface area contributed by atoms with Gasteiger partial charge in [0.15, 0.2) is 0 Å². The number of nitrogens with zero attached hydrogens (tertiary/aromatic N) is 1. The molecule has 6 heteroatoms. The van der Waals surface area contributed by atoms with Crippen LogP contribution < -0.4 is 10.6 Å². The van der Waals surface area contributed by atoms with Crippen LogP contribution in [0.25, 0.3) is 0 Å². The summed E-state index contributed by atoms with van der Waals surface area (Å²) in [5, 5.41) is 6.17. The van der Waals surface area contributed by atoms with Gasteiger partial charge in [0.1, 0.15) is 0 Å². The zero-order valence-corrected chi connectivity index (χ0v) is 14.0. The van der Waals surface area contributed by atoms with Crippen LogP contribution in [0.4, 0.5) is 5.69 Å². The van der Waals surface area contributed by atoms with Crippen LogP contribution in [0.1, 0.15) is 5.56 Å². The minimum absolute atomic E-state index is 0. The van der Waals surface area contributed by atoms with Gasteiger partial charge >= 0.3 is 0 Å². The first-order chi connectivity index (χ1) is 8.56. The predicted octanol–water partition coefficient (Wildman–Crippen LogP) is 1.86. The van der Waals surface area contributed by atoms with Gasteiger partial charge in [-0.25, -0.2) is 0 Å². The maximum atomic E-state index is 11.9. The second-order valence-electron chi connectivity index (χ2n) is 4.73. The van der Waals surface area contributed by atoms with Crippen LogP contribution in [-0.2, 0) is 4.79 Å². The Hall–Kier alpha value is -0.370. The number of amides is 1. The van der Waals surface area contributed by atoms with Gasteiger partial charge in [-0.3, -0.25) is 9.69 Å². The molecule has 19 heavy (non-hydrogen) atoms. The molecule has 2 N–H and O–H groups in total. The molecular weight excluding hydrogens is 377 g/mol. The fraction of sp³-hybridized carbons (Fsp3) is 0.462. The lowest BCUT2D eigenvalue weighted by atomic mass is 10.1. The number of aryl methyl sites for hydroxylation is 1. The molecule has 0 spiro atoms. The van der Waals surface area contributed by atoms with E-state index >= 15 is 0 Å². The Kier molecular flexibility index (Phi) is 6.52. The summed E-state index contributed by atoms with van der Waals surface area (Å²) in [7, 11) is 1.99. The highest BCUT2D eigenvalue weighted by molar-refractivity contribution is 14.1. The zero-order valence-electron chi connectivity index (χ0n) is 11.1. The Bertz CT molecular complexity index is 452. The van der Waals surface area contributed by atoms with Gasteiger partial charge in [-0.1, -0.05) is 0 Å². The highest BCUT2D eigenvalue weighted by Crippen LogP contribution is 2.17. The molecule has 1 saturated heterocycles. The standard InChI is InChI=1S/C13H18IN3O.ClH/c1-9-5-10(14)3-4-12(9)16-13(18)8-17(2)11-6-15-7-11;/h3-5,11,15H,6-8H2,1-2H3,(H,16,18);1H. The number of benzene rings is 1. The summed E-state index contributed by atoms with van der Waals surface area (Å²) >= 11 is 2.27. The van der Waals surface area contributed by atoms with Crippen molar-refractivity contribution in [2.75, 3.05) is 32.0 Å². The van der Waals surface area contributed by atoms with E-state index < -0.39 is 0 Å². The van der Waals surface area contributed by atoms with E-state index in [0.717, 1.165) is 24.3 Å². The van der Waals surface area contributed by atoms with Crippen LogP contribution in [-0.4, -0.2) is 43.5 Å². The third-order valence-electron chi connectivity index (χ3n) is 3.24. The number of rotatable bonds is 4. The van der Waals surface area contributed by atoms with Crippen molar-refractivity contribution in [1.29, 1.82) is 0 Å². The van der Waals surface area contributed by atoms with Crippen LogP contribution in [0, 0.1) is 10.5 Å². The smallest absolute Gasteiger partial charge is 0.238 e. The van der Waals surface area contributed by atoms with Gasteiger partial charge in [-0.05, 0) is 60.3 Å². The van der Waals surface area contributed by atoms with Crippen LogP contribution in [0.2, 0.25) is 0 Å². The molecule has 0 aliphatic carbocycles. The summed E-state index contributed by atoms with van der Waals surface area (Å²) in [4.78, 5) is 14.0. The molecule has 2 rings (SSSR count). The third-order valence-corrected chi connectivity index (χ3v) is 3.91. The Morgan fingerprint density at radius 2 is 2.21 bits per heavy atom. The quantitative estimate of drug-likeness (QED) is 0.765. The molecule has 1 aliphatic heterocycles. The molecule has 1 fully saturated rings. The summed E-state index contributed by atoms with van der Waals surface area (Å²) in [6.07, 6.45) is 0. The van der Waals surface area contributed by atoms with Crippen molar-refractivity contribution in [1.82, 2.24) is 10.2 Å². The molecule has 0 aromatic heterocycles. The SMILES string of the molecule is Cc1cc(I)ccc1NC(=O)CN(C)C1CNC1.Cl. The lowest BCUT2D eigenvalue weighted by Crippen LogP contribution is -2.57.